The molecular formula is C15H18N2O3. The van der Waals surface area contributed by atoms with Crippen molar-refractivity contribution in [1.82, 2.24) is 9.55 Å². The number of nitrogens with zero attached hydrogens (tertiary/aromatic N) is 1. The molecule has 1 fully saturated rings. The second-order valence-corrected chi connectivity index (χ2v) is 5.58. The average molecular weight is 274 g/mol. The van der Waals surface area contributed by atoms with Gasteiger partial charge in [-0.05, 0) is 37.0 Å². The second-order valence-electron chi connectivity index (χ2n) is 5.58. The van der Waals surface area contributed by atoms with Crippen LogP contribution < -0.4 is 5.69 Å². The highest BCUT2D eigenvalue weighted by molar-refractivity contribution is 5.92. The van der Waals surface area contributed by atoms with Gasteiger partial charge in [0.2, 0.25) is 0 Å². The summed E-state index contributed by atoms with van der Waals surface area (Å²) in [5.41, 5.74) is 1.45. The van der Waals surface area contributed by atoms with Crippen molar-refractivity contribution in [3.8, 4) is 0 Å². The van der Waals surface area contributed by atoms with Crippen LogP contribution in [0.3, 0.4) is 0 Å². The van der Waals surface area contributed by atoms with Gasteiger partial charge in [0.1, 0.15) is 0 Å². The molecule has 1 aromatic heterocycles. The summed E-state index contributed by atoms with van der Waals surface area (Å²) < 4.78 is 1.79. The summed E-state index contributed by atoms with van der Waals surface area (Å²) in [5.74, 6) is -0.236. The fourth-order valence-electron chi connectivity index (χ4n) is 2.82. The molecule has 0 amide bonds. The molecule has 2 N–H and O–H groups in total. The van der Waals surface area contributed by atoms with E-state index in [9.17, 15) is 9.59 Å². The number of hydrogen-bond donors (Lipinski definition) is 2. The van der Waals surface area contributed by atoms with E-state index >= 15 is 0 Å². The lowest BCUT2D eigenvalue weighted by molar-refractivity contribution is 0.0697. The lowest BCUT2D eigenvalue weighted by atomic mass is 10.1. The monoisotopic (exact) mass is 274 g/mol. The lowest BCUT2D eigenvalue weighted by Gasteiger charge is -2.16. The van der Waals surface area contributed by atoms with E-state index in [1.807, 2.05) is 0 Å². The van der Waals surface area contributed by atoms with Crippen LogP contribution >= 0.6 is 0 Å². The minimum Gasteiger partial charge on any atom is -0.478 e. The van der Waals surface area contributed by atoms with E-state index in [0.29, 0.717) is 5.52 Å². The van der Waals surface area contributed by atoms with Gasteiger partial charge in [-0.2, -0.15) is 0 Å². The molecule has 5 heteroatoms. The van der Waals surface area contributed by atoms with Gasteiger partial charge in [-0.15, -0.1) is 0 Å². The van der Waals surface area contributed by atoms with Crippen molar-refractivity contribution in [2.24, 2.45) is 5.92 Å². The first-order chi connectivity index (χ1) is 9.60. The summed E-state index contributed by atoms with van der Waals surface area (Å²) in [4.78, 5) is 25.9. The van der Waals surface area contributed by atoms with Crippen molar-refractivity contribution in [2.45, 2.75) is 38.6 Å². The van der Waals surface area contributed by atoms with Crippen molar-refractivity contribution in [3.63, 3.8) is 0 Å². The minimum atomic E-state index is -0.981. The quantitative estimate of drug-likeness (QED) is 0.880. The maximum atomic E-state index is 12.2. The largest absolute Gasteiger partial charge is 0.478 e. The van der Waals surface area contributed by atoms with Crippen molar-refractivity contribution in [1.29, 1.82) is 0 Å². The Morgan fingerprint density at radius 1 is 1.50 bits per heavy atom. The number of H-pyrrole nitrogens is 1. The topological polar surface area (TPSA) is 75.1 Å². The van der Waals surface area contributed by atoms with Crippen LogP contribution in [0, 0.1) is 5.92 Å². The average Bonchev–Trinajstić information content (AvgIpc) is 3.17. The third-order valence-electron chi connectivity index (χ3n) is 4.10. The van der Waals surface area contributed by atoms with Gasteiger partial charge in [-0.3, -0.25) is 4.57 Å². The van der Waals surface area contributed by atoms with Gasteiger partial charge in [0.25, 0.3) is 0 Å². The molecule has 1 heterocycles. The molecule has 1 aliphatic rings. The number of hydrogen-bond acceptors (Lipinski definition) is 2. The normalized spacial score (nSPS) is 16.4. The minimum absolute atomic E-state index is 0.143. The molecule has 1 unspecified atom stereocenters. The van der Waals surface area contributed by atoms with E-state index < -0.39 is 5.97 Å². The molecule has 106 valence electrons. The number of aromatic amines is 1. The van der Waals surface area contributed by atoms with E-state index in [1.54, 1.807) is 16.7 Å². The zero-order valence-corrected chi connectivity index (χ0v) is 11.4. The first kappa shape index (κ1) is 13.0. The van der Waals surface area contributed by atoms with E-state index in [1.165, 1.54) is 18.9 Å². The fraction of sp³-hybridized carbons (Fsp3) is 0.467. The van der Waals surface area contributed by atoms with Gasteiger partial charge in [-0.1, -0.05) is 19.8 Å². The van der Waals surface area contributed by atoms with Crippen LogP contribution in [0.2, 0.25) is 0 Å². The highest BCUT2D eigenvalue weighted by Crippen LogP contribution is 2.38. The molecule has 0 radical (unpaired) electrons. The summed E-state index contributed by atoms with van der Waals surface area (Å²) in [6, 6.07) is 5.00. The standard InChI is InChI=1S/C15H18N2O3/c1-2-11(7-9-3-4-9)17-13-6-5-10(14(18)19)8-12(13)16-15(17)20/h5-6,8-9,11H,2-4,7H2,1H3,(H,16,20)(H,18,19). The van der Waals surface area contributed by atoms with Crippen LogP contribution in [-0.2, 0) is 0 Å². The van der Waals surface area contributed by atoms with Crippen molar-refractivity contribution in [3.05, 3.63) is 34.2 Å². The maximum absolute atomic E-state index is 12.2. The summed E-state index contributed by atoms with van der Waals surface area (Å²) in [6.07, 6.45) is 4.46. The molecule has 0 aliphatic heterocycles. The van der Waals surface area contributed by atoms with Gasteiger partial charge >= 0.3 is 11.7 Å². The summed E-state index contributed by atoms with van der Waals surface area (Å²) in [6.45, 7) is 2.09. The molecule has 1 atom stereocenters. The zero-order valence-electron chi connectivity index (χ0n) is 11.4. The number of fused-ring (bicyclic) bond motifs is 1. The SMILES string of the molecule is CCC(CC1CC1)n1c(=O)[nH]c2cc(C(=O)O)ccc21. The maximum Gasteiger partial charge on any atom is 0.335 e. The number of benzene rings is 1. The number of aromatic carboxylic acids is 1. The summed E-state index contributed by atoms with van der Waals surface area (Å²) in [5, 5.41) is 9.00. The highest BCUT2D eigenvalue weighted by Gasteiger charge is 2.27. The molecular weight excluding hydrogens is 256 g/mol. The molecule has 1 aliphatic carbocycles. The van der Waals surface area contributed by atoms with Crippen LogP contribution in [0.1, 0.15) is 49.0 Å². The predicted molar refractivity (Wildman–Crippen MR) is 76.2 cm³/mol. The smallest absolute Gasteiger partial charge is 0.335 e. The van der Waals surface area contributed by atoms with Gasteiger partial charge < -0.3 is 10.1 Å². The van der Waals surface area contributed by atoms with Crippen LogP contribution in [-0.4, -0.2) is 20.6 Å². The predicted octanol–water partition coefficient (Wildman–Crippen LogP) is 2.78. The Morgan fingerprint density at radius 2 is 2.25 bits per heavy atom. The van der Waals surface area contributed by atoms with Crippen LogP contribution in [0.5, 0.6) is 0 Å². The molecule has 1 saturated carbocycles. The van der Waals surface area contributed by atoms with Crippen LogP contribution in [0.25, 0.3) is 11.0 Å². The van der Waals surface area contributed by atoms with Gasteiger partial charge in [-0.25, -0.2) is 9.59 Å². The Bertz CT molecular complexity index is 709. The van der Waals surface area contributed by atoms with Crippen LogP contribution in [0.4, 0.5) is 0 Å². The number of carbonyl (C=O) groups is 1. The van der Waals surface area contributed by atoms with Gasteiger partial charge in [0.15, 0.2) is 0 Å². The molecule has 20 heavy (non-hydrogen) atoms. The molecule has 3 rings (SSSR count). The van der Waals surface area contributed by atoms with E-state index in [0.717, 1.165) is 24.3 Å². The Kier molecular flexibility index (Phi) is 3.12. The Morgan fingerprint density at radius 3 is 2.85 bits per heavy atom. The lowest BCUT2D eigenvalue weighted by Crippen LogP contribution is -2.22. The first-order valence-corrected chi connectivity index (χ1v) is 7.07. The molecule has 0 saturated heterocycles. The third-order valence-corrected chi connectivity index (χ3v) is 4.10. The van der Waals surface area contributed by atoms with Crippen molar-refractivity contribution in [2.75, 3.05) is 0 Å². The van der Waals surface area contributed by atoms with Crippen molar-refractivity contribution < 1.29 is 9.90 Å². The van der Waals surface area contributed by atoms with E-state index in [2.05, 4.69) is 11.9 Å². The number of nitrogens with one attached hydrogen (secondary N) is 1. The Hall–Kier alpha value is -2.04. The first-order valence-electron chi connectivity index (χ1n) is 7.07. The Balaban J connectivity index is 2.07. The highest BCUT2D eigenvalue weighted by atomic mass is 16.4. The number of imidazole rings is 1. The van der Waals surface area contributed by atoms with Crippen LogP contribution in [0.15, 0.2) is 23.0 Å². The Labute approximate surface area is 116 Å². The summed E-state index contributed by atoms with van der Waals surface area (Å²) >= 11 is 0. The number of carboxylic acids is 1. The number of carboxylic acid groups (broad SMARTS) is 1. The number of rotatable bonds is 5. The zero-order chi connectivity index (χ0) is 14.3. The van der Waals surface area contributed by atoms with Gasteiger partial charge in [0, 0.05) is 6.04 Å². The number of aromatic nitrogens is 2. The van der Waals surface area contributed by atoms with E-state index in [4.69, 9.17) is 5.11 Å². The molecule has 5 nitrogen and oxygen atoms in total. The molecule has 0 bridgehead atoms. The molecule has 2 aromatic rings. The molecule has 0 spiro atoms. The van der Waals surface area contributed by atoms with E-state index in [-0.39, 0.29) is 17.3 Å². The van der Waals surface area contributed by atoms with Crippen molar-refractivity contribution >= 4 is 17.0 Å². The van der Waals surface area contributed by atoms with Gasteiger partial charge in [0.05, 0.1) is 16.6 Å². The summed E-state index contributed by atoms with van der Waals surface area (Å²) in [7, 11) is 0. The third kappa shape index (κ3) is 2.24. The fourth-order valence-corrected chi connectivity index (χ4v) is 2.82. The molecule has 1 aromatic carbocycles. The second kappa shape index (κ2) is 4.81.